The molecule has 1 aromatic heterocycles. The number of aromatic amines is 1. The Morgan fingerprint density at radius 2 is 2.05 bits per heavy atom. The number of piperidine rings is 1. The predicted octanol–water partition coefficient (Wildman–Crippen LogP) is 3.68. The first kappa shape index (κ1) is 14.9. The van der Waals surface area contributed by atoms with E-state index in [1.54, 1.807) is 6.33 Å². The van der Waals surface area contributed by atoms with Gasteiger partial charge in [0.2, 0.25) is 0 Å². The summed E-state index contributed by atoms with van der Waals surface area (Å²) in [6, 6.07) is 6.39. The molecule has 0 unspecified atom stereocenters. The molecule has 0 saturated carbocycles. The van der Waals surface area contributed by atoms with Crippen LogP contribution in [0.3, 0.4) is 0 Å². The second-order valence-electron chi connectivity index (χ2n) is 6.92. The SMILES string of the molecule is CC(C)(C)OC(=O)N1CCC(c2ccc3[nH]cnc3c2)CC1. The first-order chi connectivity index (χ1) is 10.4. The summed E-state index contributed by atoms with van der Waals surface area (Å²) in [6.45, 7) is 7.20. The molecule has 1 aliphatic rings. The lowest BCUT2D eigenvalue weighted by atomic mass is 9.89. The molecule has 118 valence electrons. The second kappa shape index (κ2) is 5.63. The molecule has 0 radical (unpaired) electrons. The highest BCUT2D eigenvalue weighted by molar-refractivity contribution is 5.75. The van der Waals surface area contributed by atoms with Crippen LogP contribution in [0, 0.1) is 0 Å². The lowest BCUT2D eigenvalue weighted by Gasteiger charge is -2.33. The van der Waals surface area contributed by atoms with Crippen molar-refractivity contribution >= 4 is 17.1 Å². The van der Waals surface area contributed by atoms with Gasteiger partial charge in [0.05, 0.1) is 17.4 Å². The van der Waals surface area contributed by atoms with Crippen molar-refractivity contribution < 1.29 is 9.53 Å². The van der Waals surface area contributed by atoms with Gasteiger partial charge in [-0.3, -0.25) is 0 Å². The number of rotatable bonds is 1. The average Bonchev–Trinajstić information content (AvgIpc) is 2.93. The first-order valence-corrected chi connectivity index (χ1v) is 7.83. The third-order valence-electron chi connectivity index (χ3n) is 4.06. The van der Waals surface area contributed by atoms with Gasteiger partial charge in [-0.2, -0.15) is 0 Å². The maximum absolute atomic E-state index is 12.1. The standard InChI is InChI=1S/C17H23N3O2/c1-17(2,3)22-16(21)20-8-6-12(7-9-20)13-4-5-14-15(10-13)19-11-18-14/h4-5,10-12H,6-9H2,1-3H3,(H,18,19). The molecule has 0 bridgehead atoms. The number of amides is 1. The fourth-order valence-electron chi connectivity index (χ4n) is 2.92. The highest BCUT2D eigenvalue weighted by Gasteiger charge is 2.27. The highest BCUT2D eigenvalue weighted by Crippen LogP contribution is 2.30. The van der Waals surface area contributed by atoms with Gasteiger partial charge in [-0.05, 0) is 57.2 Å². The van der Waals surface area contributed by atoms with Gasteiger partial charge < -0.3 is 14.6 Å². The van der Waals surface area contributed by atoms with Crippen molar-refractivity contribution in [1.29, 1.82) is 0 Å². The van der Waals surface area contributed by atoms with Crippen molar-refractivity contribution in [3.8, 4) is 0 Å². The third kappa shape index (κ3) is 3.24. The number of hydrogen-bond acceptors (Lipinski definition) is 3. The molecule has 2 aromatic rings. The Bertz CT molecular complexity index is 664. The van der Waals surface area contributed by atoms with Crippen LogP contribution in [-0.4, -0.2) is 39.7 Å². The molecule has 1 fully saturated rings. The zero-order chi connectivity index (χ0) is 15.7. The number of carbonyl (C=O) groups excluding carboxylic acids is 1. The fraction of sp³-hybridized carbons (Fsp3) is 0.529. The van der Waals surface area contributed by atoms with Gasteiger partial charge >= 0.3 is 6.09 Å². The van der Waals surface area contributed by atoms with Gasteiger partial charge in [-0.25, -0.2) is 9.78 Å². The van der Waals surface area contributed by atoms with Crippen LogP contribution in [0.2, 0.25) is 0 Å². The number of aromatic nitrogens is 2. The molecule has 3 rings (SSSR count). The van der Waals surface area contributed by atoms with Crippen molar-refractivity contribution in [3.05, 3.63) is 30.1 Å². The van der Waals surface area contributed by atoms with Gasteiger partial charge in [0.25, 0.3) is 0 Å². The minimum Gasteiger partial charge on any atom is -0.444 e. The van der Waals surface area contributed by atoms with Crippen molar-refractivity contribution in [2.24, 2.45) is 0 Å². The van der Waals surface area contributed by atoms with Crippen molar-refractivity contribution in [1.82, 2.24) is 14.9 Å². The van der Waals surface area contributed by atoms with E-state index in [1.165, 1.54) is 5.56 Å². The largest absolute Gasteiger partial charge is 0.444 e. The number of ether oxygens (including phenoxy) is 1. The number of H-pyrrole nitrogens is 1. The third-order valence-corrected chi connectivity index (χ3v) is 4.06. The Hall–Kier alpha value is -2.04. The molecule has 0 spiro atoms. The molecule has 0 aliphatic carbocycles. The van der Waals surface area contributed by atoms with Crippen LogP contribution in [0.5, 0.6) is 0 Å². The summed E-state index contributed by atoms with van der Waals surface area (Å²) in [5, 5.41) is 0. The number of imidazole rings is 1. The quantitative estimate of drug-likeness (QED) is 0.874. The average molecular weight is 301 g/mol. The summed E-state index contributed by atoms with van der Waals surface area (Å²) in [6.07, 6.45) is 3.46. The Kier molecular flexibility index (Phi) is 3.81. The Labute approximate surface area is 130 Å². The molecule has 5 nitrogen and oxygen atoms in total. The Morgan fingerprint density at radius 3 is 2.73 bits per heavy atom. The number of benzene rings is 1. The number of fused-ring (bicyclic) bond motifs is 1. The van der Waals surface area contributed by atoms with E-state index < -0.39 is 5.60 Å². The van der Waals surface area contributed by atoms with Gasteiger partial charge in [-0.1, -0.05) is 6.07 Å². The van der Waals surface area contributed by atoms with Crippen LogP contribution in [0.1, 0.15) is 45.1 Å². The predicted molar refractivity (Wildman–Crippen MR) is 85.9 cm³/mol. The maximum atomic E-state index is 12.1. The molecule has 1 aliphatic heterocycles. The lowest BCUT2D eigenvalue weighted by Crippen LogP contribution is -2.41. The second-order valence-corrected chi connectivity index (χ2v) is 6.92. The molecular formula is C17H23N3O2. The lowest BCUT2D eigenvalue weighted by molar-refractivity contribution is 0.0205. The van der Waals surface area contributed by atoms with Gasteiger partial charge in [0.1, 0.15) is 5.60 Å². The van der Waals surface area contributed by atoms with Crippen molar-refractivity contribution in [2.75, 3.05) is 13.1 Å². The normalized spacial score (nSPS) is 17.0. The first-order valence-electron chi connectivity index (χ1n) is 7.83. The number of hydrogen-bond donors (Lipinski definition) is 1. The van der Waals surface area contributed by atoms with Crippen LogP contribution in [0.15, 0.2) is 24.5 Å². The van der Waals surface area contributed by atoms with E-state index >= 15 is 0 Å². The van der Waals surface area contributed by atoms with E-state index in [0.29, 0.717) is 5.92 Å². The zero-order valence-corrected chi connectivity index (χ0v) is 13.4. The van der Waals surface area contributed by atoms with Crippen LogP contribution in [-0.2, 0) is 4.74 Å². The smallest absolute Gasteiger partial charge is 0.410 e. The fourth-order valence-corrected chi connectivity index (χ4v) is 2.92. The van der Waals surface area contributed by atoms with E-state index in [2.05, 4.69) is 28.2 Å². The molecule has 1 aromatic carbocycles. The molecule has 1 saturated heterocycles. The highest BCUT2D eigenvalue weighted by atomic mass is 16.6. The summed E-state index contributed by atoms with van der Waals surface area (Å²) < 4.78 is 5.44. The van der Waals surface area contributed by atoms with Crippen molar-refractivity contribution in [2.45, 2.75) is 45.1 Å². The summed E-state index contributed by atoms with van der Waals surface area (Å²) in [5.41, 5.74) is 2.95. The number of carbonyl (C=O) groups is 1. The Balaban J connectivity index is 1.62. The molecular weight excluding hydrogens is 278 g/mol. The number of nitrogens with zero attached hydrogens (tertiary/aromatic N) is 2. The monoisotopic (exact) mass is 301 g/mol. The number of nitrogens with one attached hydrogen (secondary N) is 1. The van der Waals surface area contributed by atoms with Crippen LogP contribution >= 0.6 is 0 Å². The summed E-state index contributed by atoms with van der Waals surface area (Å²) in [7, 11) is 0. The molecule has 5 heteroatoms. The molecule has 1 N–H and O–H groups in total. The minimum absolute atomic E-state index is 0.200. The van der Waals surface area contributed by atoms with Gasteiger partial charge in [0, 0.05) is 13.1 Å². The minimum atomic E-state index is -0.432. The van der Waals surface area contributed by atoms with E-state index in [1.807, 2.05) is 25.7 Å². The zero-order valence-electron chi connectivity index (χ0n) is 13.4. The van der Waals surface area contributed by atoms with E-state index in [0.717, 1.165) is 37.0 Å². The van der Waals surface area contributed by atoms with Gasteiger partial charge in [0.15, 0.2) is 0 Å². The molecule has 22 heavy (non-hydrogen) atoms. The maximum Gasteiger partial charge on any atom is 0.410 e. The van der Waals surface area contributed by atoms with E-state index in [9.17, 15) is 4.79 Å². The summed E-state index contributed by atoms with van der Waals surface area (Å²) in [5.74, 6) is 0.486. The molecule has 2 heterocycles. The topological polar surface area (TPSA) is 58.2 Å². The molecule has 1 amide bonds. The van der Waals surface area contributed by atoms with Crippen molar-refractivity contribution in [3.63, 3.8) is 0 Å². The van der Waals surface area contributed by atoms with Crippen LogP contribution in [0.4, 0.5) is 4.79 Å². The van der Waals surface area contributed by atoms with E-state index in [4.69, 9.17) is 4.74 Å². The number of likely N-dealkylation sites (tertiary alicyclic amines) is 1. The summed E-state index contributed by atoms with van der Waals surface area (Å²) >= 11 is 0. The van der Waals surface area contributed by atoms with Crippen LogP contribution in [0.25, 0.3) is 11.0 Å². The summed E-state index contributed by atoms with van der Waals surface area (Å²) in [4.78, 5) is 21.3. The van der Waals surface area contributed by atoms with E-state index in [-0.39, 0.29) is 6.09 Å². The van der Waals surface area contributed by atoms with Crippen LogP contribution < -0.4 is 0 Å². The van der Waals surface area contributed by atoms with Gasteiger partial charge in [-0.15, -0.1) is 0 Å². The molecule has 0 atom stereocenters. The Morgan fingerprint density at radius 1 is 1.32 bits per heavy atom.